The van der Waals surface area contributed by atoms with E-state index in [1.54, 1.807) is 0 Å². The summed E-state index contributed by atoms with van der Waals surface area (Å²) in [5.41, 5.74) is 2.85. The zero-order valence-electron chi connectivity index (χ0n) is 11.6. The summed E-state index contributed by atoms with van der Waals surface area (Å²) in [6.45, 7) is 2.18. The average Bonchev–Trinajstić information content (AvgIpc) is 2.61. The van der Waals surface area contributed by atoms with E-state index in [4.69, 9.17) is 0 Å². The predicted octanol–water partition coefficient (Wildman–Crippen LogP) is 4.15. The summed E-state index contributed by atoms with van der Waals surface area (Å²) in [6, 6.07) is 9.63. The van der Waals surface area contributed by atoms with Gasteiger partial charge in [-0.3, -0.25) is 0 Å². The summed E-state index contributed by atoms with van der Waals surface area (Å²) in [4.78, 5) is 0. The van der Waals surface area contributed by atoms with Crippen molar-refractivity contribution < 1.29 is 0 Å². The van der Waals surface area contributed by atoms with Gasteiger partial charge in [0.15, 0.2) is 0 Å². The fraction of sp³-hybridized carbons (Fsp3) is 0.625. The van der Waals surface area contributed by atoms with Gasteiger partial charge in [-0.05, 0) is 32.4 Å². The van der Waals surface area contributed by atoms with E-state index in [9.17, 15) is 0 Å². The molecule has 0 aliphatic heterocycles. The van der Waals surface area contributed by atoms with Gasteiger partial charge in [0, 0.05) is 17.0 Å². The minimum Gasteiger partial charge on any atom is -0.316 e. The van der Waals surface area contributed by atoms with Gasteiger partial charge in [-0.1, -0.05) is 49.1 Å². The first-order chi connectivity index (χ1) is 8.79. The summed E-state index contributed by atoms with van der Waals surface area (Å²) in [5.74, 6) is 1.16. The summed E-state index contributed by atoms with van der Waals surface area (Å²) >= 11 is 2.14. The zero-order valence-corrected chi connectivity index (χ0v) is 12.4. The van der Waals surface area contributed by atoms with Crippen molar-refractivity contribution in [3.05, 3.63) is 35.4 Å². The molecule has 2 rings (SSSR count). The molecule has 1 aromatic rings. The maximum Gasteiger partial charge on any atom is 0.0204 e. The van der Waals surface area contributed by atoms with Crippen molar-refractivity contribution in [2.24, 2.45) is 0 Å². The molecule has 18 heavy (non-hydrogen) atoms. The lowest BCUT2D eigenvalue weighted by Crippen LogP contribution is -2.34. The van der Waals surface area contributed by atoms with Crippen LogP contribution in [-0.2, 0) is 5.75 Å². The third kappa shape index (κ3) is 4.03. The van der Waals surface area contributed by atoms with E-state index in [0.29, 0.717) is 6.04 Å². The summed E-state index contributed by atoms with van der Waals surface area (Å²) in [5, 5.41) is 4.31. The van der Waals surface area contributed by atoms with Gasteiger partial charge in [-0.15, -0.1) is 0 Å². The predicted molar refractivity (Wildman–Crippen MR) is 82.2 cm³/mol. The van der Waals surface area contributed by atoms with Crippen LogP contribution in [0.25, 0.3) is 0 Å². The lowest BCUT2D eigenvalue weighted by molar-refractivity contribution is 0.510. The second-order valence-corrected chi connectivity index (χ2v) is 6.60. The molecule has 0 saturated heterocycles. The van der Waals surface area contributed by atoms with E-state index < -0.39 is 0 Å². The van der Waals surface area contributed by atoms with Gasteiger partial charge < -0.3 is 5.32 Å². The molecule has 2 unspecified atom stereocenters. The molecule has 1 aliphatic rings. The highest BCUT2D eigenvalue weighted by atomic mass is 32.2. The van der Waals surface area contributed by atoms with Crippen molar-refractivity contribution in [1.29, 1.82) is 0 Å². The van der Waals surface area contributed by atoms with Crippen LogP contribution in [0.15, 0.2) is 24.3 Å². The lowest BCUT2D eigenvalue weighted by Gasteiger charge is -2.24. The van der Waals surface area contributed by atoms with Crippen molar-refractivity contribution in [3.63, 3.8) is 0 Å². The second kappa shape index (κ2) is 7.20. The van der Waals surface area contributed by atoms with E-state index in [1.807, 2.05) is 0 Å². The molecule has 1 nitrogen and oxygen atoms in total. The van der Waals surface area contributed by atoms with Gasteiger partial charge in [-0.2, -0.15) is 11.8 Å². The van der Waals surface area contributed by atoms with Crippen LogP contribution in [0.4, 0.5) is 0 Å². The Bertz CT molecular complexity index is 364. The van der Waals surface area contributed by atoms with Crippen molar-refractivity contribution in [1.82, 2.24) is 5.32 Å². The van der Waals surface area contributed by atoms with Crippen LogP contribution in [0.2, 0.25) is 0 Å². The molecule has 1 aromatic carbocycles. The zero-order chi connectivity index (χ0) is 12.8. The molecule has 0 radical (unpaired) electrons. The summed E-state index contributed by atoms with van der Waals surface area (Å²) < 4.78 is 0. The highest BCUT2D eigenvalue weighted by Gasteiger charge is 2.22. The fourth-order valence-corrected chi connectivity index (χ4v) is 4.23. The van der Waals surface area contributed by atoms with Gasteiger partial charge in [0.25, 0.3) is 0 Å². The third-order valence-corrected chi connectivity index (χ3v) is 5.36. The van der Waals surface area contributed by atoms with Crippen molar-refractivity contribution in [2.45, 2.75) is 56.1 Å². The molecule has 0 spiro atoms. The maximum absolute atomic E-state index is 3.52. The van der Waals surface area contributed by atoms with Crippen LogP contribution >= 0.6 is 11.8 Å². The third-order valence-electron chi connectivity index (χ3n) is 3.87. The molecule has 1 saturated carbocycles. The topological polar surface area (TPSA) is 12.0 Å². The molecular formula is C16H25NS. The Labute approximate surface area is 116 Å². The second-order valence-electron chi connectivity index (χ2n) is 5.37. The molecule has 2 heteroatoms. The van der Waals surface area contributed by atoms with Crippen LogP contribution in [0.5, 0.6) is 0 Å². The van der Waals surface area contributed by atoms with Crippen LogP contribution in [0.1, 0.15) is 43.2 Å². The van der Waals surface area contributed by atoms with Crippen molar-refractivity contribution >= 4 is 11.8 Å². The Morgan fingerprint density at radius 2 is 2.06 bits per heavy atom. The van der Waals surface area contributed by atoms with Crippen LogP contribution < -0.4 is 5.32 Å². The highest BCUT2D eigenvalue weighted by Crippen LogP contribution is 2.30. The van der Waals surface area contributed by atoms with Gasteiger partial charge in [0.05, 0.1) is 0 Å². The quantitative estimate of drug-likeness (QED) is 0.819. The summed E-state index contributed by atoms with van der Waals surface area (Å²) in [6.07, 6.45) is 6.94. The van der Waals surface area contributed by atoms with E-state index in [1.165, 1.54) is 43.2 Å². The lowest BCUT2D eigenvalue weighted by atomic mass is 10.1. The monoisotopic (exact) mass is 263 g/mol. The Kier molecular flexibility index (Phi) is 5.58. The molecule has 1 aliphatic carbocycles. The van der Waals surface area contributed by atoms with Gasteiger partial charge in [0.1, 0.15) is 0 Å². The number of hydrogen-bond donors (Lipinski definition) is 1. The molecule has 0 bridgehead atoms. The van der Waals surface area contributed by atoms with Crippen molar-refractivity contribution in [2.75, 3.05) is 7.05 Å². The molecular weight excluding hydrogens is 238 g/mol. The SMILES string of the molecule is CNC1CCCCCC1SCc1cccc(C)c1. The van der Waals surface area contributed by atoms with Crippen LogP contribution in [0, 0.1) is 6.92 Å². The first-order valence-corrected chi connectivity index (χ1v) is 8.19. The molecule has 2 atom stereocenters. The molecule has 1 N–H and O–H groups in total. The molecule has 0 amide bonds. The largest absolute Gasteiger partial charge is 0.316 e. The maximum atomic E-state index is 3.52. The first-order valence-electron chi connectivity index (χ1n) is 7.14. The number of thioether (sulfide) groups is 1. The Morgan fingerprint density at radius 1 is 1.22 bits per heavy atom. The number of aryl methyl sites for hydroxylation is 1. The molecule has 0 aromatic heterocycles. The van der Waals surface area contributed by atoms with E-state index in [0.717, 1.165) is 11.0 Å². The number of nitrogens with one attached hydrogen (secondary N) is 1. The highest BCUT2D eigenvalue weighted by molar-refractivity contribution is 7.99. The normalized spacial score (nSPS) is 24.8. The standard InChI is InChI=1S/C16H25NS/c1-13-7-6-8-14(11-13)12-18-16-10-5-3-4-9-15(16)17-2/h6-8,11,15-17H,3-5,9-10,12H2,1-2H3. The summed E-state index contributed by atoms with van der Waals surface area (Å²) in [7, 11) is 2.12. The smallest absolute Gasteiger partial charge is 0.0204 e. The Morgan fingerprint density at radius 3 is 2.83 bits per heavy atom. The van der Waals surface area contributed by atoms with E-state index in [2.05, 4.69) is 55.3 Å². The molecule has 1 fully saturated rings. The van der Waals surface area contributed by atoms with E-state index >= 15 is 0 Å². The molecule has 0 heterocycles. The van der Waals surface area contributed by atoms with Gasteiger partial charge in [-0.25, -0.2) is 0 Å². The first kappa shape index (κ1) is 14.0. The number of rotatable bonds is 4. The minimum absolute atomic E-state index is 0.710. The number of benzene rings is 1. The van der Waals surface area contributed by atoms with Gasteiger partial charge in [0.2, 0.25) is 0 Å². The van der Waals surface area contributed by atoms with Crippen LogP contribution in [0.3, 0.4) is 0 Å². The van der Waals surface area contributed by atoms with Crippen molar-refractivity contribution in [3.8, 4) is 0 Å². The molecule has 100 valence electrons. The minimum atomic E-state index is 0.710. The van der Waals surface area contributed by atoms with E-state index in [-0.39, 0.29) is 0 Å². The van der Waals surface area contributed by atoms with Crippen LogP contribution in [-0.4, -0.2) is 18.3 Å². The average molecular weight is 263 g/mol. The Balaban J connectivity index is 1.91. The Hall–Kier alpha value is -0.470. The number of hydrogen-bond acceptors (Lipinski definition) is 2. The fourth-order valence-electron chi connectivity index (χ4n) is 2.81. The van der Waals surface area contributed by atoms with Gasteiger partial charge >= 0.3 is 0 Å².